The second kappa shape index (κ2) is 5.45. The van der Waals surface area contributed by atoms with E-state index in [0.717, 1.165) is 32.7 Å². The van der Waals surface area contributed by atoms with E-state index in [1.54, 1.807) is 0 Å². The van der Waals surface area contributed by atoms with Gasteiger partial charge in [0.05, 0.1) is 25.5 Å². The number of benzene rings is 2. The van der Waals surface area contributed by atoms with Gasteiger partial charge in [0, 0.05) is 12.5 Å². The summed E-state index contributed by atoms with van der Waals surface area (Å²) in [5, 5.41) is 3.31. The first-order valence-corrected chi connectivity index (χ1v) is 8.62. The molecule has 118 valence electrons. The van der Waals surface area contributed by atoms with Gasteiger partial charge in [-0.2, -0.15) is 0 Å². The maximum atomic E-state index is 6.57. The van der Waals surface area contributed by atoms with Crippen LogP contribution in [-0.4, -0.2) is 30.9 Å². The summed E-state index contributed by atoms with van der Waals surface area (Å²) in [6.07, 6.45) is 2.72. The first-order chi connectivity index (χ1) is 11.4. The minimum Gasteiger partial charge on any atom is -0.368 e. The lowest BCUT2D eigenvalue weighted by Crippen LogP contribution is -2.54. The normalized spacial score (nSPS) is 29.1. The fourth-order valence-corrected chi connectivity index (χ4v) is 4.38. The van der Waals surface area contributed by atoms with Crippen molar-refractivity contribution in [2.75, 3.05) is 19.9 Å². The highest BCUT2D eigenvalue weighted by atomic mass is 16.5. The molecule has 2 fully saturated rings. The Bertz CT molecular complexity index is 672. The molecular weight excluding hydrogens is 284 g/mol. The third kappa shape index (κ3) is 2.31. The lowest BCUT2D eigenvalue weighted by Gasteiger charge is -2.33. The van der Waals surface area contributed by atoms with Gasteiger partial charge >= 0.3 is 0 Å². The van der Waals surface area contributed by atoms with Crippen LogP contribution in [0.25, 0.3) is 0 Å². The van der Waals surface area contributed by atoms with Crippen LogP contribution >= 0.6 is 0 Å². The summed E-state index contributed by atoms with van der Waals surface area (Å²) in [5.74, 6) is 0.495. The van der Waals surface area contributed by atoms with Crippen molar-refractivity contribution in [1.29, 1.82) is 0 Å². The topological polar surface area (TPSA) is 24.5 Å². The predicted octanol–water partition coefficient (Wildman–Crippen LogP) is 3.02. The summed E-state index contributed by atoms with van der Waals surface area (Å²) in [7, 11) is 0. The van der Waals surface area contributed by atoms with Gasteiger partial charge in [-0.1, -0.05) is 48.5 Å². The van der Waals surface area contributed by atoms with Gasteiger partial charge < -0.3 is 4.74 Å². The quantitative estimate of drug-likeness (QED) is 0.923. The second-order valence-corrected chi connectivity index (χ2v) is 7.01. The van der Waals surface area contributed by atoms with Crippen molar-refractivity contribution < 1.29 is 4.74 Å². The maximum absolute atomic E-state index is 6.57. The van der Waals surface area contributed by atoms with Crippen LogP contribution in [0.4, 0.5) is 0 Å². The van der Waals surface area contributed by atoms with Crippen molar-refractivity contribution in [2.45, 2.75) is 31.0 Å². The summed E-state index contributed by atoms with van der Waals surface area (Å²) >= 11 is 0. The lowest BCUT2D eigenvalue weighted by atomic mass is 9.87. The molecule has 0 aromatic heterocycles. The SMILES string of the molecule is c1ccc2c(c1)Cc1ccccc1C1OC(CN3CNC3)CC21. The van der Waals surface area contributed by atoms with Crippen LogP contribution in [-0.2, 0) is 11.2 Å². The lowest BCUT2D eigenvalue weighted by molar-refractivity contribution is -0.000234. The molecular formula is C20H22N2O. The van der Waals surface area contributed by atoms with Gasteiger partial charge in [-0.25, -0.2) is 0 Å². The largest absolute Gasteiger partial charge is 0.368 e. The number of nitrogens with zero attached hydrogens (tertiary/aromatic N) is 1. The highest BCUT2D eigenvalue weighted by Gasteiger charge is 2.41. The zero-order valence-corrected chi connectivity index (χ0v) is 13.2. The number of hydrogen-bond acceptors (Lipinski definition) is 3. The molecule has 1 aliphatic carbocycles. The van der Waals surface area contributed by atoms with Crippen LogP contribution in [0, 0.1) is 0 Å². The fraction of sp³-hybridized carbons (Fsp3) is 0.400. The third-order valence-electron chi connectivity index (χ3n) is 5.55. The van der Waals surface area contributed by atoms with Gasteiger partial charge in [-0.05, 0) is 35.1 Å². The van der Waals surface area contributed by atoms with Crippen molar-refractivity contribution in [3.63, 3.8) is 0 Å². The van der Waals surface area contributed by atoms with Crippen LogP contribution in [0.5, 0.6) is 0 Å². The second-order valence-electron chi connectivity index (χ2n) is 7.01. The molecule has 23 heavy (non-hydrogen) atoms. The van der Waals surface area contributed by atoms with Gasteiger partial charge in [-0.15, -0.1) is 0 Å². The predicted molar refractivity (Wildman–Crippen MR) is 90.2 cm³/mol. The van der Waals surface area contributed by atoms with E-state index in [9.17, 15) is 0 Å². The molecule has 2 heterocycles. The standard InChI is InChI=1S/C20H22N2O/c1-3-7-17-14(5-1)9-15-6-2-4-8-18(15)20-19(17)10-16(23-20)11-22-12-21-13-22/h1-8,16,19-21H,9-13H2. The molecule has 0 radical (unpaired) electrons. The van der Waals surface area contributed by atoms with Crippen LogP contribution in [0.2, 0.25) is 0 Å². The van der Waals surface area contributed by atoms with Crippen molar-refractivity contribution in [2.24, 2.45) is 0 Å². The molecule has 3 nitrogen and oxygen atoms in total. The van der Waals surface area contributed by atoms with Crippen molar-refractivity contribution >= 4 is 0 Å². The molecule has 3 heteroatoms. The zero-order chi connectivity index (χ0) is 15.2. The Labute approximate surface area is 137 Å². The zero-order valence-electron chi connectivity index (χ0n) is 13.2. The Morgan fingerprint density at radius 3 is 2.39 bits per heavy atom. The molecule has 0 saturated carbocycles. The van der Waals surface area contributed by atoms with E-state index in [1.807, 2.05) is 0 Å². The van der Waals surface area contributed by atoms with E-state index in [2.05, 4.69) is 58.7 Å². The average molecular weight is 306 g/mol. The van der Waals surface area contributed by atoms with Crippen LogP contribution in [0.1, 0.15) is 40.7 Å². The highest BCUT2D eigenvalue weighted by molar-refractivity contribution is 5.45. The van der Waals surface area contributed by atoms with E-state index < -0.39 is 0 Å². The summed E-state index contributed by atoms with van der Waals surface area (Å²) in [4.78, 5) is 2.42. The smallest absolute Gasteiger partial charge is 0.0901 e. The molecule has 0 amide bonds. The molecule has 2 aromatic rings. The van der Waals surface area contributed by atoms with E-state index in [0.29, 0.717) is 12.0 Å². The monoisotopic (exact) mass is 306 g/mol. The molecule has 2 saturated heterocycles. The Balaban J connectivity index is 1.54. The van der Waals surface area contributed by atoms with Crippen LogP contribution in [0.15, 0.2) is 48.5 Å². The van der Waals surface area contributed by atoms with E-state index in [4.69, 9.17) is 4.74 Å². The van der Waals surface area contributed by atoms with Crippen molar-refractivity contribution in [3.8, 4) is 0 Å². The summed E-state index contributed by atoms with van der Waals surface area (Å²) in [6, 6.07) is 17.8. The molecule has 0 spiro atoms. The molecule has 3 aliphatic rings. The Hall–Kier alpha value is -1.68. The molecule has 0 bridgehead atoms. The average Bonchev–Trinajstić information content (AvgIpc) is 2.91. The summed E-state index contributed by atoms with van der Waals surface area (Å²) < 4.78 is 6.57. The molecule has 2 aliphatic heterocycles. The number of ether oxygens (including phenoxy) is 1. The highest BCUT2D eigenvalue weighted by Crippen LogP contribution is 2.49. The summed E-state index contributed by atoms with van der Waals surface area (Å²) in [6.45, 7) is 3.05. The molecule has 5 rings (SSSR count). The number of rotatable bonds is 2. The number of nitrogens with one attached hydrogen (secondary N) is 1. The summed E-state index contributed by atoms with van der Waals surface area (Å²) in [5.41, 5.74) is 5.80. The van der Waals surface area contributed by atoms with Gasteiger partial charge in [0.2, 0.25) is 0 Å². The first kappa shape index (κ1) is 13.7. The van der Waals surface area contributed by atoms with Gasteiger partial charge in [0.25, 0.3) is 0 Å². The van der Waals surface area contributed by atoms with Gasteiger partial charge in [-0.3, -0.25) is 10.2 Å². The fourth-order valence-electron chi connectivity index (χ4n) is 4.38. The van der Waals surface area contributed by atoms with Gasteiger partial charge in [0.15, 0.2) is 0 Å². The van der Waals surface area contributed by atoms with Crippen LogP contribution in [0.3, 0.4) is 0 Å². The number of hydrogen-bond donors (Lipinski definition) is 1. The van der Waals surface area contributed by atoms with Gasteiger partial charge in [0.1, 0.15) is 0 Å². The Kier molecular flexibility index (Phi) is 3.25. The van der Waals surface area contributed by atoms with E-state index in [1.165, 1.54) is 22.3 Å². The Morgan fingerprint density at radius 1 is 0.957 bits per heavy atom. The third-order valence-corrected chi connectivity index (χ3v) is 5.55. The number of fused-ring (bicyclic) bond motifs is 5. The van der Waals surface area contributed by atoms with Crippen LogP contribution < -0.4 is 5.32 Å². The minimum absolute atomic E-state index is 0.217. The Morgan fingerprint density at radius 2 is 1.65 bits per heavy atom. The minimum atomic E-state index is 0.217. The molecule has 3 unspecified atom stereocenters. The molecule has 1 N–H and O–H groups in total. The van der Waals surface area contributed by atoms with E-state index >= 15 is 0 Å². The van der Waals surface area contributed by atoms with Crippen molar-refractivity contribution in [3.05, 3.63) is 70.8 Å². The maximum Gasteiger partial charge on any atom is 0.0901 e. The van der Waals surface area contributed by atoms with E-state index in [-0.39, 0.29) is 6.10 Å². The first-order valence-electron chi connectivity index (χ1n) is 8.62. The molecule has 3 atom stereocenters. The van der Waals surface area contributed by atoms with Crippen molar-refractivity contribution in [1.82, 2.24) is 10.2 Å². The molecule has 2 aromatic carbocycles.